The molecule has 3 heterocycles. The predicted octanol–water partition coefficient (Wildman–Crippen LogP) is 2.16. The Kier molecular flexibility index (Phi) is 6.02. The Labute approximate surface area is 184 Å². The number of piperidine rings is 1. The summed E-state index contributed by atoms with van der Waals surface area (Å²) in [6.45, 7) is 2.79. The van der Waals surface area contributed by atoms with Crippen molar-refractivity contribution in [3.05, 3.63) is 48.0 Å². The van der Waals surface area contributed by atoms with Gasteiger partial charge in [0.25, 0.3) is 5.95 Å². The molecule has 2 aromatic heterocycles. The Morgan fingerprint density at radius 1 is 1.09 bits per heavy atom. The van der Waals surface area contributed by atoms with Gasteiger partial charge in [-0.25, -0.2) is 9.31 Å². The quantitative estimate of drug-likeness (QED) is 0.562. The van der Waals surface area contributed by atoms with Crippen LogP contribution in [0.1, 0.15) is 25.3 Å². The Bertz CT molecular complexity index is 1150. The van der Waals surface area contributed by atoms with E-state index in [1.807, 2.05) is 41.3 Å². The number of likely N-dealkylation sites (tertiary alicyclic amines) is 1. The topological polar surface area (TPSA) is 129 Å². The van der Waals surface area contributed by atoms with Crippen LogP contribution in [0, 0.1) is 0 Å². The molecule has 10 heteroatoms. The number of rotatable bonds is 5. The largest absolute Gasteiger partial charge is 0.465 e. The fourth-order valence-corrected chi connectivity index (χ4v) is 3.91. The Morgan fingerprint density at radius 3 is 2.47 bits per heavy atom. The van der Waals surface area contributed by atoms with E-state index in [0.717, 1.165) is 29.7 Å². The van der Waals surface area contributed by atoms with E-state index in [1.54, 1.807) is 10.6 Å². The lowest BCUT2D eigenvalue weighted by Gasteiger charge is -2.32. The van der Waals surface area contributed by atoms with Gasteiger partial charge >= 0.3 is 6.09 Å². The summed E-state index contributed by atoms with van der Waals surface area (Å²) in [6, 6.07) is 13.2. The molecule has 0 saturated carbocycles. The number of nitrogens with one attached hydrogen (secondary N) is 2. The maximum atomic E-state index is 12.7. The van der Waals surface area contributed by atoms with Crippen molar-refractivity contribution >= 4 is 29.5 Å². The SMILES string of the molecule is CC(=O)NC1CCN(C(=O)Cc2ccc(-c3cccc4nc(NC(=O)O)nn34)cc2)CC1. The lowest BCUT2D eigenvalue weighted by atomic mass is 10.0. The number of hydrogen-bond donors (Lipinski definition) is 3. The molecule has 166 valence electrons. The number of aromatic nitrogens is 3. The first-order valence-electron chi connectivity index (χ1n) is 10.4. The summed E-state index contributed by atoms with van der Waals surface area (Å²) in [6.07, 6.45) is 0.622. The van der Waals surface area contributed by atoms with Crippen LogP contribution in [0.2, 0.25) is 0 Å². The number of nitrogens with zero attached hydrogens (tertiary/aromatic N) is 4. The van der Waals surface area contributed by atoms with Crippen LogP contribution >= 0.6 is 0 Å². The van der Waals surface area contributed by atoms with E-state index in [9.17, 15) is 14.4 Å². The standard InChI is InChI=1S/C22H24N6O4/c1-14(29)23-17-9-11-27(12-10-17)20(30)13-15-5-7-16(8-6-15)18-3-2-4-19-24-21(25-22(31)32)26-28(18)19/h2-8,17H,9-13H2,1H3,(H,23,29)(H,25,26)(H,31,32). The minimum absolute atomic E-state index is 0.00874. The maximum Gasteiger partial charge on any atom is 0.411 e. The Hall–Kier alpha value is -3.95. The fraction of sp³-hybridized carbons (Fsp3) is 0.318. The molecule has 32 heavy (non-hydrogen) atoms. The molecule has 0 radical (unpaired) electrons. The van der Waals surface area contributed by atoms with Gasteiger partial charge in [0.1, 0.15) is 0 Å². The summed E-state index contributed by atoms with van der Waals surface area (Å²) in [4.78, 5) is 40.7. The summed E-state index contributed by atoms with van der Waals surface area (Å²) in [7, 11) is 0. The number of carboxylic acid groups (broad SMARTS) is 1. The van der Waals surface area contributed by atoms with Gasteiger partial charge in [-0.3, -0.25) is 14.9 Å². The third-order valence-electron chi connectivity index (χ3n) is 5.44. The van der Waals surface area contributed by atoms with E-state index in [2.05, 4.69) is 20.7 Å². The van der Waals surface area contributed by atoms with E-state index < -0.39 is 6.09 Å². The van der Waals surface area contributed by atoms with Crippen LogP contribution < -0.4 is 10.6 Å². The molecule has 0 bridgehead atoms. The number of fused-ring (bicyclic) bond motifs is 1. The monoisotopic (exact) mass is 436 g/mol. The molecular formula is C22H24N6O4. The summed E-state index contributed by atoms with van der Waals surface area (Å²) >= 11 is 0. The molecule has 0 aliphatic carbocycles. The molecule has 3 amide bonds. The minimum atomic E-state index is -1.23. The van der Waals surface area contributed by atoms with Crippen molar-refractivity contribution in [2.75, 3.05) is 18.4 Å². The Balaban J connectivity index is 1.42. The molecule has 0 unspecified atom stereocenters. The number of hydrogen-bond acceptors (Lipinski definition) is 5. The van der Waals surface area contributed by atoms with Crippen molar-refractivity contribution in [2.24, 2.45) is 0 Å². The van der Waals surface area contributed by atoms with E-state index >= 15 is 0 Å². The highest BCUT2D eigenvalue weighted by molar-refractivity contribution is 5.81. The predicted molar refractivity (Wildman–Crippen MR) is 117 cm³/mol. The van der Waals surface area contributed by atoms with Crippen LogP contribution in [0.4, 0.5) is 10.7 Å². The van der Waals surface area contributed by atoms with Crippen LogP contribution in [0.5, 0.6) is 0 Å². The van der Waals surface area contributed by atoms with Gasteiger partial charge in [-0.05, 0) is 30.5 Å². The molecule has 10 nitrogen and oxygen atoms in total. The van der Waals surface area contributed by atoms with E-state index in [1.165, 1.54) is 6.92 Å². The van der Waals surface area contributed by atoms with Crippen LogP contribution in [-0.2, 0) is 16.0 Å². The van der Waals surface area contributed by atoms with Crippen molar-refractivity contribution in [3.63, 3.8) is 0 Å². The van der Waals surface area contributed by atoms with Crippen LogP contribution in [0.25, 0.3) is 16.9 Å². The summed E-state index contributed by atoms with van der Waals surface area (Å²) in [5.41, 5.74) is 3.05. The van der Waals surface area contributed by atoms with Crippen molar-refractivity contribution in [2.45, 2.75) is 32.2 Å². The lowest BCUT2D eigenvalue weighted by Crippen LogP contribution is -2.46. The van der Waals surface area contributed by atoms with Gasteiger partial charge in [-0.15, -0.1) is 5.10 Å². The molecule has 1 saturated heterocycles. The highest BCUT2D eigenvalue weighted by atomic mass is 16.4. The van der Waals surface area contributed by atoms with Crippen LogP contribution in [0.3, 0.4) is 0 Å². The normalized spacial score (nSPS) is 14.3. The minimum Gasteiger partial charge on any atom is -0.465 e. The highest BCUT2D eigenvalue weighted by Gasteiger charge is 2.23. The third-order valence-corrected chi connectivity index (χ3v) is 5.44. The van der Waals surface area contributed by atoms with E-state index in [0.29, 0.717) is 25.2 Å². The first-order valence-corrected chi connectivity index (χ1v) is 10.4. The van der Waals surface area contributed by atoms with Gasteiger partial charge in [-0.2, -0.15) is 4.98 Å². The lowest BCUT2D eigenvalue weighted by molar-refractivity contribution is -0.131. The molecule has 0 spiro atoms. The molecule has 1 fully saturated rings. The number of pyridine rings is 1. The number of carbonyl (C=O) groups excluding carboxylic acids is 2. The molecule has 1 aliphatic heterocycles. The van der Waals surface area contributed by atoms with Gasteiger partial charge in [0.05, 0.1) is 12.1 Å². The second-order valence-electron chi connectivity index (χ2n) is 7.78. The van der Waals surface area contributed by atoms with Gasteiger partial charge in [0, 0.05) is 31.6 Å². The molecule has 0 atom stereocenters. The van der Waals surface area contributed by atoms with Crippen LogP contribution in [-0.4, -0.2) is 61.6 Å². The number of benzene rings is 1. The smallest absolute Gasteiger partial charge is 0.411 e. The third kappa shape index (κ3) is 4.85. The number of carbonyl (C=O) groups is 3. The van der Waals surface area contributed by atoms with Gasteiger partial charge < -0.3 is 15.3 Å². The van der Waals surface area contributed by atoms with Gasteiger partial charge in [-0.1, -0.05) is 30.3 Å². The molecular weight excluding hydrogens is 412 g/mol. The Morgan fingerprint density at radius 2 is 1.81 bits per heavy atom. The van der Waals surface area contributed by atoms with E-state index in [-0.39, 0.29) is 23.8 Å². The molecule has 4 rings (SSSR count). The highest BCUT2D eigenvalue weighted by Crippen LogP contribution is 2.22. The summed E-state index contributed by atoms with van der Waals surface area (Å²) < 4.78 is 1.57. The fourth-order valence-electron chi connectivity index (χ4n) is 3.91. The summed E-state index contributed by atoms with van der Waals surface area (Å²) in [5.74, 6) is 0.0436. The molecule has 3 N–H and O–H groups in total. The second-order valence-corrected chi connectivity index (χ2v) is 7.78. The molecule has 1 aliphatic rings. The van der Waals surface area contributed by atoms with E-state index in [4.69, 9.17) is 5.11 Å². The van der Waals surface area contributed by atoms with Gasteiger partial charge in [0.15, 0.2) is 5.65 Å². The average molecular weight is 436 g/mol. The number of amides is 3. The first kappa shape index (κ1) is 21.3. The zero-order valence-electron chi connectivity index (χ0n) is 17.6. The summed E-state index contributed by atoms with van der Waals surface area (Å²) in [5, 5.41) is 18.2. The van der Waals surface area contributed by atoms with Crippen LogP contribution in [0.15, 0.2) is 42.5 Å². The zero-order valence-corrected chi connectivity index (χ0v) is 17.6. The van der Waals surface area contributed by atoms with Crippen molar-refractivity contribution in [1.29, 1.82) is 0 Å². The zero-order chi connectivity index (χ0) is 22.7. The van der Waals surface area contributed by atoms with Gasteiger partial charge in [0.2, 0.25) is 11.8 Å². The first-order chi connectivity index (χ1) is 15.4. The molecule has 3 aromatic rings. The maximum absolute atomic E-state index is 12.7. The molecule has 1 aromatic carbocycles. The average Bonchev–Trinajstić information content (AvgIpc) is 3.16. The second kappa shape index (κ2) is 9.04. The van der Waals surface area contributed by atoms with Crippen molar-refractivity contribution in [1.82, 2.24) is 24.8 Å². The van der Waals surface area contributed by atoms with Crippen molar-refractivity contribution < 1.29 is 19.5 Å². The number of anilines is 1. The van der Waals surface area contributed by atoms with Crippen molar-refractivity contribution in [3.8, 4) is 11.3 Å².